The molecular weight excluding hydrogens is 341 g/mol. The quantitative estimate of drug-likeness (QED) is 0.720. The number of hydrogen-bond acceptors (Lipinski definition) is 3. The van der Waals surface area contributed by atoms with Crippen LogP contribution in [0.1, 0.15) is 31.4 Å². The van der Waals surface area contributed by atoms with Gasteiger partial charge >= 0.3 is 6.18 Å². The average molecular weight is 360 g/mol. The first kappa shape index (κ1) is 17.0. The van der Waals surface area contributed by atoms with Crippen molar-refractivity contribution in [3.63, 3.8) is 0 Å². The van der Waals surface area contributed by atoms with E-state index in [4.69, 9.17) is 0 Å². The normalized spacial score (nSPS) is 21.2. The Morgan fingerprint density at radius 1 is 1.15 bits per heavy atom. The van der Waals surface area contributed by atoms with Gasteiger partial charge in [-0.1, -0.05) is 12.8 Å². The molecule has 1 aliphatic carbocycles. The lowest BCUT2D eigenvalue weighted by Gasteiger charge is -2.30. The molecule has 1 N–H and O–H groups in total. The molecule has 1 aliphatic rings. The van der Waals surface area contributed by atoms with Crippen molar-refractivity contribution >= 4 is 11.2 Å². The molecule has 0 radical (unpaired) electrons. The Morgan fingerprint density at radius 2 is 2.04 bits per heavy atom. The summed E-state index contributed by atoms with van der Waals surface area (Å²) in [6.45, 7) is 0. The van der Waals surface area contributed by atoms with E-state index in [2.05, 4.69) is 19.9 Å². The second-order valence-corrected chi connectivity index (χ2v) is 6.94. The molecule has 1 fully saturated rings. The number of nitrogens with zero attached hydrogens (tertiary/aromatic N) is 3. The van der Waals surface area contributed by atoms with Crippen molar-refractivity contribution in [1.82, 2.24) is 19.9 Å². The van der Waals surface area contributed by atoms with Crippen molar-refractivity contribution < 1.29 is 13.2 Å². The number of rotatable bonds is 3. The molecule has 0 aromatic carbocycles. The zero-order valence-corrected chi connectivity index (χ0v) is 14.1. The van der Waals surface area contributed by atoms with Crippen LogP contribution in [0.5, 0.6) is 0 Å². The summed E-state index contributed by atoms with van der Waals surface area (Å²) in [5, 5.41) is 0. The van der Waals surface area contributed by atoms with Gasteiger partial charge in [0.15, 0.2) is 5.65 Å². The van der Waals surface area contributed by atoms with Crippen LogP contribution >= 0.6 is 0 Å². The Kier molecular flexibility index (Phi) is 4.38. The molecule has 1 saturated carbocycles. The minimum absolute atomic E-state index is 0.00651. The van der Waals surface area contributed by atoms with Crippen molar-refractivity contribution in [2.24, 2.45) is 11.8 Å². The standard InChI is InChI=1S/C19H19F3N4/c20-19(21,22)13-4-1-3-12(9-13)10-16-14(5-2-7-23-16)17-11-25-18-15(26-17)6-8-24-18/h2,5-8,11-13H,1,3-4,9-10H2,(H,24,25)/t12-,13-/m1/s1. The van der Waals surface area contributed by atoms with Gasteiger partial charge in [0.05, 0.1) is 23.5 Å². The van der Waals surface area contributed by atoms with Gasteiger partial charge < -0.3 is 4.98 Å². The lowest BCUT2D eigenvalue weighted by atomic mass is 9.78. The molecule has 0 amide bonds. The van der Waals surface area contributed by atoms with E-state index in [9.17, 15) is 13.2 Å². The largest absolute Gasteiger partial charge is 0.391 e. The van der Waals surface area contributed by atoms with Crippen molar-refractivity contribution in [3.8, 4) is 11.3 Å². The van der Waals surface area contributed by atoms with Gasteiger partial charge in [-0.15, -0.1) is 0 Å². The number of nitrogens with one attached hydrogen (secondary N) is 1. The fourth-order valence-corrected chi connectivity index (χ4v) is 3.84. The van der Waals surface area contributed by atoms with Gasteiger partial charge in [-0.05, 0) is 43.4 Å². The summed E-state index contributed by atoms with van der Waals surface area (Å²) in [6, 6.07) is 5.58. The smallest absolute Gasteiger partial charge is 0.345 e. The highest BCUT2D eigenvalue weighted by molar-refractivity contribution is 5.74. The number of alkyl halides is 3. The molecule has 2 atom stereocenters. The average Bonchev–Trinajstić information content (AvgIpc) is 3.09. The summed E-state index contributed by atoms with van der Waals surface area (Å²) in [5.74, 6) is -1.20. The van der Waals surface area contributed by atoms with E-state index in [1.54, 1.807) is 18.6 Å². The third-order valence-corrected chi connectivity index (χ3v) is 5.15. The third kappa shape index (κ3) is 3.43. The summed E-state index contributed by atoms with van der Waals surface area (Å²) in [6.07, 6.45) is 3.43. The maximum absolute atomic E-state index is 13.1. The first-order chi connectivity index (χ1) is 12.5. The van der Waals surface area contributed by atoms with Crippen LogP contribution in [0.4, 0.5) is 13.2 Å². The molecule has 4 rings (SSSR count). The Bertz CT molecular complexity index is 903. The third-order valence-electron chi connectivity index (χ3n) is 5.15. The number of aromatic amines is 1. The maximum atomic E-state index is 13.1. The van der Waals surface area contributed by atoms with E-state index in [0.29, 0.717) is 24.2 Å². The second-order valence-electron chi connectivity index (χ2n) is 6.94. The number of hydrogen-bond donors (Lipinski definition) is 1. The Hall–Kier alpha value is -2.44. The molecule has 0 saturated heterocycles. The summed E-state index contributed by atoms with van der Waals surface area (Å²) in [5.41, 5.74) is 3.80. The predicted octanol–water partition coefficient (Wildman–Crippen LogP) is 4.93. The van der Waals surface area contributed by atoms with Crippen LogP contribution in [-0.4, -0.2) is 26.1 Å². The van der Waals surface area contributed by atoms with Gasteiger partial charge in [0.25, 0.3) is 0 Å². The van der Waals surface area contributed by atoms with Crippen molar-refractivity contribution in [3.05, 3.63) is 42.5 Å². The van der Waals surface area contributed by atoms with E-state index in [-0.39, 0.29) is 18.8 Å². The molecule has 136 valence electrons. The van der Waals surface area contributed by atoms with Gasteiger partial charge in [0, 0.05) is 18.0 Å². The summed E-state index contributed by atoms with van der Waals surface area (Å²) >= 11 is 0. The minimum atomic E-state index is -4.10. The van der Waals surface area contributed by atoms with Crippen LogP contribution in [-0.2, 0) is 6.42 Å². The molecular formula is C19H19F3N4. The zero-order chi connectivity index (χ0) is 18.1. The van der Waals surface area contributed by atoms with Gasteiger partial charge in [-0.3, -0.25) is 4.98 Å². The molecule has 0 bridgehead atoms. The predicted molar refractivity (Wildman–Crippen MR) is 92.3 cm³/mol. The van der Waals surface area contributed by atoms with E-state index < -0.39 is 12.1 Å². The van der Waals surface area contributed by atoms with Gasteiger partial charge in [-0.25, -0.2) is 9.97 Å². The highest BCUT2D eigenvalue weighted by atomic mass is 19.4. The molecule has 26 heavy (non-hydrogen) atoms. The fraction of sp³-hybridized carbons (Fsp3) is 0.421. The molecule has 3 heterocycles. The van der Waals surface area contributed by atoms with Crippen molar-refractivity contribution in [2.75, 3.05) is 0 Å². The topological polar surface area (TPSA) is 54.5 Å². The number of fused-ring (bicyclic) bond motifs is 1. The number of aromatic nitrogens is 4. The number of pyridine rings is 1. The summed E-state index contributed by atoms with van der Waals surface area (Å²) < 4.78 is 39.2. The highest BCUT2D eigenvalue weighted by Gasteiger charge is 2.42. The molecule has 3 aromatic rings. The Labute approximate surface area is 148 Å². The number of H-pyrrole nitrogens is 1. The fourth-order valence-electron chi connectivity index (χ4n) is 3.84. The van der Waals surface area contributed by atoms with Crippen LogP contribution in [0.25, 0.3) is 22.4 Å². The molecule has 3 aromatic heterocycles. The van der Waals surface area contributed by atoms with E-state index in [1.807, 2.05) is 18.2 Å². The first-order valence-electron chi connectivity index (χ1n) is 8.82. The van der Waals surface area contributed by atoms with Gasteiger partial charge in [-0.2, -0.15) is 13.2 Å². The van der Waals surface area contributed by atoms with Crippen LogP contribution in [0.15, 0.2) is 36.8 Å². The lowest BCUT2D eigenvalue weighted by Crippen LogP contribution is -2.29. The van der Waals surface area contributed by atoms with E-state index >= 15 is 0 Å². The molecule has 0 aliphatic heterocycles. The van der Waals surface area contributed by atoms with Crippen molar-refractivity contribution in [1.29, 1.82) is 0 Å². The summed E-state index contributed by atoms with van der Waals surface area (Å²) in [4.78, 5) is 16.4. The Balaban J connectivity index is 1.59. The molecule has 0 spiro atoms. The molecule has 7 heteroatoms. The zero-order valence-electron chi connectivity index (χ0n) is 14.1. The Morgan fingerprint density at radius 3 is 2.88 bits per heavy atom. The van der Waals surface area contributed by atoms with Crippen molar-refractivity contribution in [2.45, 2.75) is 38.3 Å². The van der Waals surface area contributed by atoms with Gasteiger partial charge in [0.2, 0.25) is 0 Å². The first-order valence-corrected chi connectivity index (χ1v) is 8.82. The molecule has 4 nitrogen and oxygen atoms in total. The second kappa shape index (κ2) is 6.70. The van der Waals surface area contributed by atoms with Crippen LogP contribution in [0.2, 0.25) is 0 Å². The summed E-state index contributed by atoms with van der Waals surface area (Å²) in [7, 11) is 0. The van der Waals surface area contributed by atoms with Gasteiger partial charge in [0.1, 0.15) is 5.52 Å². The molecule has 0 unspecified atom stereocenters. The monoisotopic (exact) mass is 360 g/mol. The highest BCUT2D eigenvalue weighted by Crippen LogP contribution is 2.41. The lowest BCUT2D eigenvalue weighted by molar-refractivity contribution is -0.185. The van der Waals surface area contributed by atoms with Crippen LogP contribution in [0.3, 0.4) is 0 Å². The van der Waals surface area contributed by atoms with E-state index in [1.165, 1.54) is 0 Å². The van der Waals surface area contributed by atoms with Crippen LogP contribution in [0, 0.1) is 11.8 Å². The van der Waals surface area contributed by atoms with Crippen LogP contribution < -0.4 is 0 Å². The maximum Gasteiger partial charge on any atom is 0.391 e. The number of halogens is 3. The van der Waals surface area contributed by atoms with E-state index in [0.717, 1.165) is 23.2 Å². The minimum Gasteiger partial charge on any atom is -0.345 e. The SMILES string of the molecule is FC(F)(F)[C@@H]1CCC[C@@H](Cc2ncccc2-c2cnc3[nH]ccc3n2)C1.